The maximum Gasteiger partial charge on any atom is 0.176 e. The lowest BCUT2D eigenvalue weighted by Gasteiger charge is -2.35. The lowest BCUT2D eigenvalue weighted by atomic mass is 9.77. The van der Waals surface area contributed by atoms with Crippen LogP contribution in [0.5, 0.6) is 0 Å². The molecule has 0 unspecified atom stereocenters. The average Bonchev–Trinajstić information content (AvgIpc) is 2.92. The van der Waals surface area contributed by atoms with Gasteiger partial charge >= 0.3 is 0 Å². The molecule has 1 fully saturated rings. The average molecular weight is 246 g/mol. The van der Waals surface area contributed by atoms with Gasteiger partial charge in [0.05, 0.1) is 11.7 Å². The second-order valence-corrected chi connectivity index (χ2v) is 4.98. The van der Waals surface area contributed by atoms with Crippen LogP contribution >= 0.6 is 0 Å². The minimum atomic E-state index is -0.259. The van der Waals surface area contributed by atoms with E-state index in [1.807, 2.05) is 14.0 Å². The molecule has 96 valence electrons. The van der Waals surface area contributed by atoms with E-state index >= 15 is 0 Å². The van der Waals surface area contributed by atoms with Crippen LogP contribution in [0.15, 0.2) is 6.20 Å². The molecule has 0 aliphatic heterocycles. The van der Waals surface area contributed by atoms with Gasteiger partial charge in [-0.25, -0.2) is 14.6 Å². The Balaban J connectivity index is 1.95. The molecule has 3 N–H and O–H groups in total. The van der Waals surface area contributed by atoms with E-state index in [0.29, 0.717) is 0 Å². The fourth-order valence-electron chi connectivity index (χ4n) is 2.30. The van der Waals surface area contributed by atoms with Gasteiger partial charge in [0.25, 0.3) is 0 Å². The molecule has 0 atom stereocenters. The summed E-state index contributed by atoms with van der Waals surface area (Å²) in [7, 11) is 1.89. The summed E-state index contributed by atoms with van der Waals surface area (Å²) in [6, 6.07) is 0. The largest absolute Gasteiger partial charge is 0.338 e. The van der Waals surface area contributed by atoms with Crippen LogP contribution < -0.4 is 5.73 Å². The maximum atomic E-state index is 6.25. The quantitative estimate of drug-likeness (QED) is 0.849. The van der Waals surface area contributed by atoms with Gasteiger partial charge in [0.2, 0.25) is 0 Å². The molecule has 1 aliphatic rings. The number of nitrogens with zero attached hydrogens (tertiary/aromatic N) is 4. The van der Waals surface area contributed by atoms with E-state index in [0.717, 1.165) is 42.4 Å². The lowest BCUT2D eigenvalue weighted by molar-refractivity contribution is 0.240. The first-order valence-corrected chi connectivity index (χ1v) is 6.37. The van der Waals surface area contributed by atoms with Crippen molar-refractivity contribution in [2.24, 2.45) is 12.8 Å². The number of aryl methyl sites for hydroxylation is 2. The Hall–Kier alpha value is -1.69. The third-order valence-electron chi connectivity index (χ3n) is 3.66. The minimum Gasteiger partial charge on any atom is -0.338 e. The van der Waals surface area contributed by atoms with Gasteiger partial charge in [-0.15, -0.1) is 0 Å². The van der Waals surface area contributed by atoms with Crippen molar-refractivity contribution in [3.05, 3.63) is 17.8 Å². The second kappa shape index (κ2) is 3.91. The number of nitrogens with two attached hydrogens (primary N) is 1. The third-order valence-corrected chi connectivity index (χ3v) is 3.66. The fourth-order valence-corrected chi connectivity index (χ4v) is 2.30. The predicted molar refractivity (Wildman–Crippen MR) is 67.7 cm³/mol. The summed E-state index contributed by atoms with van der Waals surface area (Å²) >= 11 is 0. The Labute approximate surface area is 106 Å². The van der Waals surface area contributed by atoms with Crippen LogP contribution in [-0.4, -0.2) is 24.7 Å². The Morgan fingerprint density at radius 3 is 2.83 bits per heavy atom. The lowest BCUT2D eigenvalue weighted by Crippen LogP contribution is -2.44. The molecule has 6 nitrogen and oxygen atoms in total. The zero-order valence-corrected chi connectivity index (χ0v) is 10.8. The van der Waals surface area contributed by atoms with Crippen molar-refractivity contribution in [2.45, 2.75) is 38.1 Å². The Bertz CT molecular complexity index is 563. The van der Waals surface area contributed by atoms with E-state index in [1.54, 1.807) is 10.9 Å². The Kier molecular flexibility index (Phi) is 2.48. The van der Waals surface area contributed by atoms with Gasteiger partial charge in [-0.05, 0) is 19.3 Å². The summed E-state index contributed by atoms with van der Waals surface area (Å²) in [6.07, 6.45) is 5.80. The number of aromatic nitrogens is 5. The Morgan fingerprint density at radius 1 is 1.50 bits per heavy atom. The summed E-state index contributed by atoms with van der Waals surface area (Å²) in [5.41, 5.74) is 6.87. The second-order valence-electron chi connectivity index (χ2n) is 4.98. The first-order valence-electron chi connectivity index (χ1n) is 6.37. The SMILES string of the molecule is CCc1nc(-c2cnc(C3(N)CCC3)[nH]2)n(C)n1. The summed E-state index contributed by atoms with van der Waals surface area (Å²) < 4.78 is 1.78. The van der Waals surface area contributed by atoms with E-state index in [1.165, 1.54) is 6.42 Å². The fraction of sp³-hybridized carbons (Fsp3) is 0.583. The van der Waals surface area contributed by atoms with Crippen LogP contribution in [0.1, 0.15) is 37.8 Å². The third kappa shape index (κ3) is 1.64. The molecular formula is C12H18N6. The highest BCUT2D eigenvalue weighted by Gasteiger charge is 2.37. The van der Waals surface area contributed by atoms with E-state index < -0.39 is 0 Å². The van der Waals surface area contributed by atoms with Gasteiger partial charge in [0.15, 0.2) is 11.6 Å². The minimum absolute atomic E-state index is 0.259. The van der Waals surface area contributed by atoms with Crippen molar-refractivity contribution in [1.29, 1.82) is 0 Å². The number of nitrogens with one attached hydrogen (secondary N) is 1. The van der Waals surface area contributed by atoms with E-state index in [4.69, 9.17) is 5.73 Å². The van der Waals surface area contributed by atoms with Crippen LogP contribution in [0.2, 0.25) is 0 Å². The summed E-state index contributed by atoms with van der Waals surface area (Å²) in [5.74, 6) is 2.52. The van der Waals surface area contributed by atoms with Crippen LogP contribution in [0.4, 0.5) is 0 Å². The van der Waals surface area contributed by atoms with Crippen LogP contribution in [0, 0.1) is 0 Å². The summed E-state index contributed by atoms with van der Waals surface area (Å²) in [6.45, 7) is 2.04. The molecule has 2 heterocycles. The Morgan fingerprint density at radius 2 is 2.28 bits per heavy atom. The predicted octanol–water partition coefficient (Wildman–Crippen LogP) is 1.11. The van der Waals surface area contributed by atoms with Gasteiger partial charge in [-0.2, -0.15) is 5.10 Å². The summed E-state index contributed by atoms with van der Waals surface area (Å²) in [5, 5.41) is 4.34. The van der Waals surface area contributed by atoms with Crippen molar-refractivity contribution in [2.75, 3.05) is 0 Å². The van der Waals surface area contributed by atoms with Crippen molar-refractivity contribution in [3.8, 4) is 11.5 Å². The van der Waals surface area contributed by atoms with Gasteiger partial charge in [0, 0.05) is 13.5 Å². The topological polar surface area (TPSA) is 85.4 Å². The normalized spacial score (nSPS) is 17.7. The van der Waals surface area contributed by atoms with Gasteiger partial charge in [0.1, 0.15) is 11.5 Å². The van der Waals surface area contributed by atoms with Crippen molar-refractivity contribution < 1.29 is 0 Å². The monoisotopic (exact) mass is 246 g/mol. The molecule has 0 radical (unpaired) electrons. The highest BCUT2D eigenvalue weighted by molar-refractivity contribution is 5.48. The number of imidazole rings is 1. The van der Waals surface area contributed by atoms with E-state index in [-0.39, 0.29) is 5.54 Å². The first-order chi connectivity index (χ1) is 8.62. The molecule has 0 aromatic carbocycles. The highest BCUT2D eigenvalue weighted by atomic mass is 15.3. The molecule has 1 aliphatic carbocycles. The number of hydrogen-bond acceptors (Lipinski definition) is 4. The van der Waals surface area contributed by atoms with Crippen LogP contribution in [0.25, 0.3) is 11.5 Å². The molecule has 0 bridgehead atoms. The van der Waals surface area contributed by atoms with E-state index in [9.17, 15) is 0 Å². The first kappa shape index (κ1) is 11.4. The van der Waals surface area contributed by atoms with Crippen molar-refractivity contribution in [1.82, 2.24) is 24.7 Å². The van der Waals surface area contributed by atoms with Crippen LogP contribution in [0.3, 0.4) is 0 Å². The van der Waals surface area contributed by atoms with Crippen LogP contribution in [-0.2, 0) is 19.0 Å². The molecule has 2 aromatic rings. The number of aromatic amines is 1. The summed E-state index contributed by atoms with van der Waals surface area (Å²) in [4.78, 5) is 12.2. The van der Waals surface area contributed by atoms with Gasteiger partial charge < -0.3 is 10.7 Å². The van der Waals surface area contributed by atoms with Crippen molar-refractivity contribution >= 4 is 0 Å². The highest BCUT2D eigenvalue weighted by Crippen LogP contribution is 2.37. The van der Waals surface area contributed by atoms with Crippen molar-refractivity contribution in [3.63, 3.8) is 0 Å². The zero-order chi connectivity index (χ0) is 12.8. The molecule has 6 heteroatoms. The molecular weight excluding hydrogens is 228 g/mol. The van der Waals surface area contributed by atoms with Gasteiger partial charge in [-0.3, -0.25) is 0 Å². The number of hydrogen-bond donors (Lipinski definition) is 2. The molecule has 2 aromatic heterocycles. The molecule has 0 saturated heterocycles. The van der Waals surface area contributed by atoms with Gasteiger partial charge in [-0.1, -0.05) is 6.92 Å². The zero-order valence-electron chi connectivity index (χ0n) is 10.8. The number of H-pyrrole nitrogens is 1. The molecule has 18 heavy (non-hydrogen) atoms. The maximum absolute atomic E-state index is 6.25. The van der Waals surface area contributed by atoms with E-state index in [2.05, 4.69) is 20.1 Å². The molecule has 0 amide bonds. The molecule has 1 saturated carbocycles. The number of rotatable bonds is 3. The standard InChI is InChI=1S/C12H18N6/c1-3-9-16-10(18(2)17-9)8-7-14-11(15-8)12(13)5-4-6-12/h7H,3-6,13H2,1-2H3,(H,14,15). The molecule has 3 rings (SSSR count). The smallest absolute Gasteiger partial charge is 0.176 e. The molecule has 0 spiro atoms.